The molecular weight excluding hydrogens is 160 g/mol. The Hall–Kier alpha value is -1.08. The number of benzene rings is 1. The first kappa shape index (κ1) is 8.52. The summed E-state index contributed by atoms with van der Waals surface area (Å²) in [6.45, 7) is 4.18. The van der Waals surface area contributed by atoms with Crippen molar-refractivity contribution in [2.24, 2.45) is 0 Å². The summed E-state index contributed by atoms with van der Waals surface area (Å²) in [5.74, 6) is 0. The third-order valence-electron chi connectivity index (χ3n) is 2.38. The summed E-state index contributed by atoms with van der Waals surface area (Å²) in [4.78, 5) is 0. The molecule has 0 spiro atoms. The summed E-state index contributed by atoms with van der Waals surface area (Å²) < 4.78 is 5.64. The predicted molar refractivity (Wildman–Crippen MR) is 54.4 cm³/mol. The second kappa shape index (κ2) is 3.35. The molecular formula is C12H14O. The third kappa shape index (κ3) is 1.65. The van der Waals surface area contributed by atoms with Gasteiger partial charge in [0.05, 0.1) is 12.2 Å². The summed E-state index contributed by atoms with van der Waals surface area (Å²) in [5.41, 5.74) is 2.59. The van der Waals surface area contributed by atoms with Gasteiger partial charge in [0.15, 0.2) is 0 Å². The quantitative estimate of drug-likeness (QED) is 0.636. The molecule has 13 heavy (non-hydrogen) atoms. The van der Waals surface area contributed by atoms with E-state index in [2.05, 4.69) is 44.2 Å². The average molecular weight is 174 g/mol. The molecule has 2 atom stereocenters. The highest BCUT2D eigenvalue weighted by molar-refractivity contribution is 5.70. The molecule has 1 nitrogen and oxygen atoms in total. The first-order valence-electron chi connectivity index (χ1n) is 4.70. The minimum atomic E-state index is 0.234. The summed E-state index contributed by atoms with van der Waals surface area (Å²) >= 11 is 0. The highest BCUT2D eigenvalue weighted by Gasteiger charge is 2.20. The fourth-order valence-electron chi connectivity index (χ4n) is 1.78. The van der Waals surface area contributed by atoms with Crippen LogP contribution >= 0.6 is 0 Å². The van der Waals surface area contributed by atoms with Gasteiger partial charge in [0.1, 0.15) is 0 Å². The van der Waals surface area contributed by atoms with Crippen LogP contribution in [0.25, 0.3) is 5.57 Å². The summed E-state index contributed by atoms with van der Waals surface area (Å²) in [7, 11) is 0. The Morgan fingerprint density at radius 1 is 1.08 bits per heavy atom. The van der Waals surface area contributed by atoms with Crippen LogP contribution in [0.2, 0.25) is 0 Å². The van der Waals surface area contributed by atoms with E-state index in [1.165, 1.54) is 11.1 Å². The van der Waals surface area contributed by atoms with Crippen molar-refractivity contribution in [2.45, 2.75) is 26.1 Å². The topological polar surface area (TPSA) is 9.23 Å². The number of hydrogen-bond donors (Lipinski definition) is 0. The molecule has 0 radical (unpaired) electrons. The zero-order chi connectivity index (χ0) is 9.26. The van der Waals surface area contributed by atoms with Gasteiger partial charge in [-0.1, -0.05) is 30.3 Å². The number of hydrogen-bond acceptors (Lipinski definition) is 1. The average Bonchev–Trinajstić information content (AvgIpc) is 2.47. The SMILES string of the molecule is C[C@@H]1C=C(c2ccccc2)[C@@H](C)O1. The van der Waals surface area contributed by atoms with Crippen molar-refractivity contribution in [3.8, 4) is 0 Å². The van der Waals surface area contributed by atoms with Crippen LogP contribution < -0.4 is 0 Å². The number of ether oxygens (including phenoxy) is 1. The van der Waals surface area contributed by atoms with Crippen molar-refractivity contribution in [1.82, 2.24) is 0 Å². The Kier molecular flexibility index (Phi) is 2.19. The van der Waals surface area contributed by atoms with Crippen LogP contribution in [0, 0.1) is 0 Å². The van der Waals surface area contributed by atoms with E-state index in [1.807, 2.05) is 6.07 Å². The van der Waals surface area contributed by atoms with Gasteiger partial charge in [0.25, 0.3) is 0 Å². The summed E-state index contributed by atoms with van der Waals surface area (Å²) in [6.07, 6.45) is 2.68. The lowest BCUT2D eigenvalue weighted by atomic mass is 10.0. The second-order valence-electron chi connectivity index (χ2n) is 3.47. The van der Waals surface area contributed by atoms with E-state index in [9.17, 15) is 0 Å². The molecule has 0 amide bonds. The number of rotatable bonds is 1. The minimum Gasteiger partial charge on any atom is -0.367 e. The van der Waals surface area contributed by atoms with E-state index in [0.717, 1.165) is 0 Å². The first-order valence-corrected chi connectivity index (χ1v) is 4.70. The van der Waals surface area contributed by atoms with Crippen LogP contribution in [0.1, 0.15) is 19.4 Å². The minimum absolute atomic E-state index is 0.234. The van der Waals surface area contributed by atoms with Crippen molar-refractivity contribution < 1.29 is 4.74 Å². The van der Waals surface area contributed by atoms with Gasteiger partial charge in [-0.3, -0.25) is 0 Å². The van der Waals surface area contributed by atoms with E-state index in [4.69, 9.17) is 4.74 Å². The molecule has 1 aromatic carbocycles. The second-order valence-corrected chi connectivity index (χ2v) is 3.47. The summed E-state index contributed by atoms with van der Waals surface area (Å²) in [5, 5.41) is 0. The predicted octanol–water partition coefficient (Wildman–Crippen LogP) is 2.88. The fraction of sp³-hybridized carbons (Fsp3) is 0.333. The van der Waals surface area contributed by atoms with Gasteiger partial charge in [0.2, 0.25) is 0 Å². The van der Waals surface area contributed by atoms with Gasteiger partial charge < -0.3 is 4.74 Å². The molecule has 1 heterocycles. The zero-order valence-electron chi connectivity index (χ0n) is 8.03. The molecule has 1 aromatic rings. The maximum absolute atomic E-state index is 5.64. The zero-order valence-corrected chi connectivity index (χ0v) is 8.03. The van der Waals surface area contributed by atoms with Crippen LogP contribution in [-0.4, -0.2) is 12.2 Å². The fourth-order valence-corrected chi connectivity index (χ4v) is 1.78. The maximum Gasteiger partial charge on any atom is 0.0808 e. The molecule has 1 aliphatic rings. The van der Waals surface area contributed by atoms with Crippen molar-refractivity contribution in [1.29, 1.82) is 0 Å². The van der Waals surface area contributed by atoms with Crippen molar-refractivity contribution in [3.05, 3.63) is 42.0 Å². The lowest BCUT2D eigenvalue weighted by Gasteiger charge is -2.09. The van der Waals surface area contributed by atoms with E-state index in [-0.39, 0.29) is 12.2 Å². The molecule has 0 N–H and O–H groups in total. The molecule has 2 rings (SSSR count). The normalized spacial score (nSPS) is 27.4. The largest absolute Gasteiger partial charge is 0.367 e. The Balaban J connectivity index is 2.32. The van der Waals surface area contributed by atoms with Gasteiger partial charge in [0, 0.05) is 0 Å². The van der Waals surface area contributed by atoms with E-state index >= 15 is 0 Å². The van der Waals surface area contributed by atoms with Crippen molar-refractivity contribution in [3.63, 3.8) is 0 Å². The van der Waals surface area contributed by atoms with Gasteiger partial charge in [-0.25, -0.2) is 0 Å². The Morgan fingerprint density at radius 2 is 1.77 bits per heavy atom. The maximum atomic E-state index is 5.64. The van der Waals surface area contributed by atoms with Crippen LogP contribution in [0.5, 0.6) is 0 Å². The molecule has 0 saturated heterocycles. The molecule has 0 fully saturated rings. The van der Waals surface area contributed by atoms with Crippen LogP contribution in [-0.2, 0) is 4.74 Å². The monoisotopic (exact) mass is 174 g/mol. The molecule has 0 aliphatic carbocycles. The van der Waals surface area contributed by atoms with Crippen LogP contribution in [0.15, 0.2) is 36.4 Å². The lowest BCUT2D eigenvalue weighted by Crippen LogP contribution is -2.06. The standard InChI is InChI=1S/C12H14O/c1-9-8-12(10(2)13-9)11-6-4-3-5-7-11/h3-10H,1-2H3/t9-,10-/m1/s1. The molecule has 0 bridgehead atoms. The van der Waals surface area contributed by atoms with E-state index in [0.29, 0.717) is 0 Å². The highest BCUT2D eigenvalue weighted by Crippen LogP contribution is 2.27. The summed E-state index contributed by atoms with van der Waals surface area (Å²) in [6, 6.07) is 10.4. The van der Waals surface area contributed by atoms with Crippen molar-refractivity contribution in [2.75, 3.05) is 0 Å². The molecule has 0 aromatic heterocycles. The molecule has 0 saturated carbocycles. The Labute approximate surface area is 79.0 Å². The Morgan fingerprint density at radius 3 is 2.31 bits per heavy atom. The van der Waals surface area contributed by atoms with Gasteiger partial charge in [-0.2, -0.15) is 0 Å². The lowest BCUT2D eigenvalue weighted by molar-refractivity contribution is 0.0865. The van der Waals surface area contributed by atoms with Crippen molar-refractivity contribution >= 4 is 5.57 Å². The first-order chi connectivity index (χ1) is 6.27. The van der Waals surface area contributed by atoms with E-state index < -0.39 is 0 Å². The van der Waals surface area contributed by atoms with Crippen LogP contribution in [0.3, 0.4) is 0 Å². The molecule has 68 valence electrons. The van der Waals surface area contributed by atoms with E-state index in [1.54, 1.807) is 0 Å². The van der Waals surface area contributed by atoms with Crippen LogP contribution in [0.4, 0.5) is 0 Å². The Bertz CT molecular complexity index is 313. The smallest absolute Gasteiger partial charge is 0.0808 e. The molecule has 1 heteroatoms. The van der Waals surface area contributed by atoms with Gasteiger partial charge >= 0.3 is 0 Å². The van der Waals surface area contributed by atoms with Gasteiger partial charge in [-0.05, 0) is 31.1 Å². The van der Waals surface area contributed by atoms with Gasteiger partial charge in [-0.15, -0.1) is 0 Å². The highest BCUT2D eigenvalue weighted by atomic mass is 16.5. The molecule has 0 unspecified atom stereocenters. The molecule has 1 aliphatic heterocycles. The third-order valence-corrected chi connectivity index (χ3v) is 2.38.